The van der Waals surface area contributed by atoms with Gasteiger partial charge in [0.1, 0.15) is 17.3 Å². The molecule has 1 aliphatic rings. The number of rotatable bonds is 11. The maximum atomic E-state index is 13.4. The van der Waals surface area contributed by atoms with Crippen LogP contribution in [0.4, 0.5) is 4.39 Å². The van der Waals surface area contributed by atoms with Crippen molar-refractivity contribution in [2.45, 2.75) is 39.0 Å². The number of benzene rings is 2. The second-order valence-corrected chi connectivity index (χ2v) is 9.52. The standard InChI is InChI=1S/C30H35FN2O3/c1-3-35-28-12-8-24(9-13-28)29-14-10-26(20-27(34)11-7-22-5-4-6-25(31)19-22)32-30(29)36-21-23-15-17-33(2)18-16-23/h4-6,8-10,12-14,19,23H,3,7,11,15-18,20-21H2,1-2H3. The maximum Gasteiger partial charge on any atom is 0.221 e. The predicted molar refractivity (Wildman–Crippen MR) is 140 cm³/mol. The zero-order valence-electron chi connectivity index (χ0n) is 21.2. The van der Waals surface area contributed by atoms with Gasteiger partial charge < -0.3 is 14.4 Å². The topological polar surface area (TPSA) is 51.7 Å². The van der Waals surface area contributed by atoms with E-state index in [1.54, 1.807) is 6.07 Å². The predicted octanol–water partition coefficient (Wildman–Crippen LogP) is 5.75. The van der Waals surface area contributed by atoms with E-state index in [1.165, 1.54) is 12.1 Å². The Morgan fingerprint density at radius 1 is 1.06 bits per heavy atom. The molecule has 0 bridgehead atoms. The summed E-state index contributed by atoms with van der Waals surface area (Å²) < 4.78 is 25.3. The smallest absolute Gasteiger partial charge is 0.221 e. The van der Waals surface area contributed by atoms with E-state index in [2.05, 4.69) is 11.9 Å². The second kappa shape index (κ2) is 12.6. The Bertz CT molecular complexity index is 1140. The fourth-order valence-electron chi connectivity index (χ4n) is 4.50. The Balaban J connectivity index is 1.47. The largest absolute Gasteiger partial charge is 0.494 e. The molecule has 0 amide bonds. The number of ether oxygens (including phenoxy) is 2. The molecule has 0 atom stereocenters. The van der Waals surface area contributed by atoms with Gasteiger partial charge in [-0.05, 0) is 99.8 Å². The van der Waals surface area contributed by atoms with Crippen molar-refractivity contribution >= 4 is 5.78 Å². The summed E-state index contributed by atoms with van der Waals surface area (Å²) in [6.45, 7) is 5.35. The van der Waals surface area contributed by atoms with Crippen molar-refractivity contribution in [3.8, 4) is 22.8 Å². The third kappa shape index (κ3) is 7.37. The molecule has 1 aromatic heterocycles. The zero-order chi connectivity index (χ0) is 25.3. The van der Waals surface area contributed by atoms with E-state index >= 15 is 0 Å². The van der Waals surface area contributed by atoms with Crippen molar-refractivity contribution in [3.05, 3.63) is 77.7 Å². The lowest BCUT2D eigenvalue weighted by Crippen LogP contribution is -2.32. The van der Waals surface area contributed by atoms with Crippen LogP contribution >= 0.6 is 0 Å². The number of ketones is 1. The summed E-state index contributed by atoms with van der Waals surface area (Å²) in [7, 11) is 2.15. The number of aryl methyl sites for hydroxylation is 1. The van der Waals surface area contributed by atoms with Crippen molar-refractivity contribution in [2.75, 3.05) is 33.4 Å². The van der Waals surface area contributed by atoms with Gasteiger partial charge in [-0.25, -0.2) is 9.37 Å². The minimum atomic E-state index is -0.280. The highest BCUT2D eigenvalue weighted by Gasteiger charge is 2.19. The van der Waals surface area contributed by atoms with Gasteiger partial charge in [0.15, 0.2) is 0 Å². The van der Waals surface area contributed by atoms with E-state index in [0.29, 0.717) is 43.5 Å². The number of hydrogen-bond acceptors (Lipinski definition) is 5. The Labute approximate surface area is 213 Å². The van der Waals surface area contributed by atoms with Crippen molar-refractivity contribution in [1.82, 2.24) is 9.88 Å². The number of piperidine rings is 1. The number of pyridine rings is 1. The number of hydrogen-bond donors (Lipinski definition) is 0. The fourth-order valence-corrected chi connectivity index (χ4v) is 4.50. The molecule has 0 saturated carbocycles. The highest BCUT2D eigenvalue weighted by atomic mass is 19.1. The average Bonchev–Trinajstić information content (AvgIpc) is 2.88. The van der Waals surface area contributed by atoms with Crippen LogP contribution in [-0.2, 0) is 17.6 Å². The van der Waals surface area contributed by atoms with Gasteiger partial charge in [-0.3, -0.25) is 4.79 Å². The molecule has 5 nitrogen and oxygen atoms in total. The molecule has 36 heavy (non-hydrogen) atoms. The van der Waals surface area contributed by atoms with Crippen LogP contribution in [0.2, 0.25) is 0 Å². The maximum absolute atomic E-state index is 13.4. The summed E-state index contributed by atoms with van der Waals surface area (Å²) in [5.41, 5.74) is 3.41. The van der Waals surface area contributed by atoms with E-state index in [0.717, 1.165) is 48.4 Å². The molecular weight excluding hydrogens is 455 g/mol. The summed E-state index contributed by atoms with van der Waals surface area (Å²) in [5.74, 6) is 1.67. The van der Waals surface area contributed by atoms with Gasteiger partial charge in [-0.15, -0.1) is 0 Å². The Hall–Kier alpha value is -3.25. The summed E-state index contributed by atoms with van der Waals surface area (Å²) in [4.78, 5) is 19.8. The Kier molecular flexibility index (Phi) is 9.06. The van der Waals surface area contributed by atoms with E-state index in [1.807, 2.05) is 49.4 Å². The lowest BCUT2D eigenvalue weighted by molar-refractivity contribution is -0.118. The first-order valence-corrected chi connectivity index (χ1v) is 12.8. The average molecular weight is 491 g/mol. The summed E-state index contributed by atoms with van der Waals surface area (Å²) in [6, 6.07) is 18.2. The number of carbonyl (C=O) groups excluding carboxylic acids is 1. The van der Waals surface area contributed by atoms with E-state index < -0.39 is 0 Å². The summed E-state index contributed by atoms with van der Waals surface area (Å²) >= 11 is 0. The van der Waals surface area contributed by atoms with Gasteiger partial charge in [0.05, 0.1) is 18.9 Å². The molecule has 0 spiro atoms. The van der Waals surface area contributed by atoms with Crippen molar-refractivity contribution in [2.24, 2.45) is 5.92 Å². The quantitative estimate of drug-likeness (QED) is 0.343. The first-order valence-electron chi connectivity index (χ1n) is 12.8. The van der Waals surface area contributed by atoms with Crippen LogP contribution < -0.4 is 9.47 Å². The highest BCUT2D eigenvalue weighted by molar-refractivity contribution is 5.81. The Morgan fingerprint density at radius 3 is 2.56 bits per heavy atom. The van der Waals surface area contributed by atoms with Crippen LogP contribution in [0.25, 0.3) is 11.1 Å². The SMILES string of the molecule is CCOc1ccc(-c2ccc(CC(=O)CCc3cccc(F)c3)nc2OCC2CCN(C)CC2)cc1. The van der Waals surface area contributed by atoms with E-state index in [4.69, 9.17) is 14.5 Å². The minimum absolute atomic E-state index is 0.0712. The lowest BCUT2D eigenvalue weighted by atomic mass is 9.98. The van der Waals surface area contributed by atoms with Gasteiger partial charge in [-0.1, -0.05) is 24.3 Å². The number of carbonyl (C=O) groups is 1. The monoisotopic (exact) mass is 490 g/mol. The molecule has 0 aliphatic carbocycles. The van der Waals surface area contributed by atoms with Gasteiger partial charge in [0.2, 0.25) is 5.88 Å². The summed E-state index contributed by atoms with van der Waals surface area (Å²) in [5, 5.41) is 0. The van der Waals surface area contributed by atoms with Crippen LogP contribution in [0, 0.1) is 11.7 Å². The molecule has 4 rings (SSSR count). The minimum Gasteiger partial charge on any atom is -0.494 e. The normalized spacial score (nSPS) is 14.5. The van der Waals surface area contributed by atoms with E-state index in [-0.39, 0.29) is 18.0 Å². The zero-order valence-corrected chi connectivity index (χ0v) is 21.2. The number of aromatic nitrogens is 1. The van der Waals surface area contributed by atoms with Crippen molar-refractivity contribution < 1.29 is 18.7 Å². The first kappa shape index (κ1) is 25.8. The molecule has 1 saturated heterocycles. The number of Topliss-reactive ketones (excluding diaryl/α,β-unsaturated/α-hetero) is 1. The Morgan fingerprint density at radius 2 is 1.83 bits per heavy atom. The van der Waals surface area contributed by atoms with Crippen molar-refractivity contribution in [1.29, 1.82) is 0 Å². The third-order valence-corrected chi connectivity index (χ3v) is 6.65. The van der Waals surface area contributed by atoms with Crippen LogP contribution in [0.15, 0.2) is 60.7 Å². The molecule has 2 aromatic carbocycles. The molecule has 0 radical (unpaired) electrons. The molecule has 3 aromatic rings. The molecule has 2 heterocycles. The molecule has 6 heteroatoms. The number of halogens is 1. The van der Waals surface area contributed by atoms with Crippen LogP contribution in [-0.4, -0.2) is 49.0 Å². The molecule has 1 aliphatic heterocycles. The fraction of sp³-hybridized carbons (Fsp3) is 0.400. The molecule has 190 valence electrons. The second-order valence-electron chi connectivity index (χ2n) is 9.52. The highest BCUT2D eigenvalue weighted by Crippen LogP contribution is 2.31. The third-order valence-electron chi connectivity index (χ3n) is 6.65. The van der Waals surface area contributed by atoms with Crippen LogP contribution in [0.3, 0.4) is 0 Å². The molecule has 0 unspecified atom stereocenters. The molecular formula is C30H35FN2O3. The van der Waals surface area contributed by atoms with Gasteiger partial charge >= 0.3 is 0 Å². The van der Waals surface area contributed by atoms with E-state index in [9.17, 15) is 9.18 Å². The number of likely N-dealkylation sites (tertiary alicyclic amines) is 1. The van der Waals surface area contributed by atoms with Gasteiger partial charge in [0, 0.05) is 18.4 Å². The molecule has 0 N–H and O–H groups in total. The van der Waals surface area contributed by atoms with Crippen LogP contribution in [0.5, 0.6) is 11.6 Å². The number of nitrogens with zero attached hydrogens (tertiary/aromatic N) is 2. The first-order chi connectivity index (χ1) is 17.5. The lowest BCUT2D eigenvalue weighted by Gasteiger charge is -2.28. The van der Waals surface area contributed by atoms with Gasteiger partial charge in [-0.2, -0.15) is 0 Å². The summed E-state index contributed by atoms with van der Waals surface area (Å²) in [6.07, 6.45) is 3.29. The van der Waals surface area contributed by atoms with Crippen molar-refractivity contribution in [3.63, 3.8) is 0 Å². The van der Waals surface area contributed by atoms with Gasteiger partial charge in [0.25, 0.3) is 0 Å². The van der Waals surface area contributed by atoms with Crippen LogP contribution in [0.1, 0.15) is 37.4 Å². The molecule has 1 fully saturated rings.